The fraction of sp³-hybridized carbons (Fsp3) is 0.375. The molecule has 4 heteroatoms. The third kappa shape index (κ3) is 3.70. The van der Waals surface area contributed by atoms with Gasteiger partial charge in [0.25, 0.3) is 0 Å². The number of hydrogen-bond acceptors (Lipinski definition) is 3. The zero-order chi connectivity index (χ0) is 14.5. The van der Waals surface area contributed by atoms with Crippen LogP contribution < -0.4 is 4.74 Å². The fourth-order valence-electron chi connectivity index (χ4n) is 2.28. The monoisotopic (exact) mass is 273 g/mol. The molecule has 1 heterocycles. The highest BCUT2D eigenvalue weighted by atomic mass is 16.6. The molecular weight excluding hydrogens is 254 g/mol. The molecular formula is C16H19NO3. The zero-order valence-electron chi connectivity index (χ0n) is 11.8. The molecule has 106 valence electrons. The van der Waals surface area contributed by atoms with Crippen LogP contribution in [0.4, 0.5) is 4.79 Å². The van der Waals surface area contributed by atoms with Crippen molar-refractivity contribution in [3.63, 3.8) is 0 Å². The molecule has 0 saturated carbocycles. The van der Waals surface area contributed by atoms with Crippen LogP contribution in [0.2, 0.25) is 0 Å². The molecule has 4 nitrogen and oxygen atoms in total. The summed E-state index contributed by atoms with van der Waals surface area (Å²) in [5, 5.41) is 0. The van der Waals surface area contributed by atoms with Crippen molar-refractivity contribution < 1.29 is 14.3 Å². The van der Waals surface area contributed by atoms with Crippen molar-refractivity contribution in [2.75, 3.05) is 0 Å². The minimum Gasteiger partial charge on any atom is -0.410 e. The third-order valence-corrected chi connectivity index (χ3v) is 3.15. The first-order valence-corrected chi connectivity index (χ1v) is 6.82. The molecule has 0 radical (unpaired) electrons. The van der Waals surface area contributed by atoms with Gasteiger partial charge < -0.3 is 4.74 Å². The molecule has 1 amide bonds. The van der Waals surface area contributed by atoms with Crippen LogP contribution in [0, 0.1) is 5.92 Å². The summed E-state index contributed by atoms with van der Waals surface area (Å²) in [7, 11) is 0. The summed E-state index contributed by atoms with van der Waals surface area (Å²) in [5.41, 5.74) is 0. The fourth-order valence-corrected chi connectivity index (χ4v) is 2.28. The minimum atomic E-state index is -0.439. The highest BCUT2D eigenvalue weighted by Crippen LogP contribution is 2.21. The predicted octanol–water partition coefficient (Wildman–Crippen LogP) is 3.39. The largest absolute Gasteiger partial charge is 0.419 e. The van der Waals surface area contributed by atoms with Crippen LogP contribution in [-0.2, 0) is 4.79 Å². The van der Waals surface area contributed by atoms with Crippen LogP contribution in [0.15, 0.2) is 42.6 Å². The van der Waals surface area contributed by atoms with Gasteiger partial charge in [-0.25, -0.2) is 4.79 Å². The van der Waals surface area contributed by atoms with E-state index in [1.807, 2.05) is 18.2 Å². The average molecular weight is 273 g/mol. The Morgan fingerprint density at radius 3 is 2.70 bits per heavy atom. The first kappa shape index (κ1) is 14.3. The summed E-state index contributed by atoms with van der Waals surface area (Å²) in [6.07, 6.45) is 3.66. The number of ether oxygens (including phenoxy) is 1. The lowest BCUT2D eigenvalue weighted by Crippen LogP contribution is -2.42. The number of amides is 1. The summed E-state index contributed by atoms with van der Waals surface area (Å²) in [6, 6.07) is 8.82. The summed E-state index contributed by atoms with van der Waals surface area (Å²) >= 11 is 0. The van der Waals surface area contributed by atoms with Gasteiger partial charge in [-0.05, 0) is 30.5 Å². The van der Waals surface area contributed by atoms with Crippen molar-refractivity contribution in [1.82, 2.24) is 4.90 Å². The van der Waals surface area contributed by atoms with E-state index in [-0.39, 0.29) is 11.8 Å². The summed E-state index contributed by atoms with van der Waals surface area (Å²) in [5.74, 6) is 0.969. The normalized spacial score (nSPS) is 18.4. The van der Waals surface area contributed by atoms with E-state index < -0.39 is 6.09 Å². The van der Waals surface area contributed by atoms with E-state index in [9.17, 15) is 9.59 Å². The van der Waals surface area contributed by atoms with E-state index >= 15 is 0 Å². The molecule has 0 N–H and O–H groups in total. The molecule has 1 atom stereocenters. The Bertz CT molecular complexity index is 508. The van der Waals surface area contributed by atoms with Gasteiger partial charge in [-0.15, -0.1) is 0 Å². The van der Waals surface area contributed by atoms with Crippen molar-refractivity contribution in [1.29, 1.82) is 0 Å². The van der Waals surface area contributed by atoms with Gasteiger partial charge in [0.1, 0.15) is 5.75 Å². The Hall–Kier alpha value is -2.10. The number of hydrogen-bond donors (Lipinski definition) is 0. The Balaban J connectivity index is 2.09. The summed E-state index contributed by atoms with van der Waals surface area (Å²) in [6.45, 7) is 4.15. The van der Waals surface area contributed by atoms with Gasteiger partial charge >= 0.3 is 6.09 Å². The van der Waals surface area contributed by atoms with Gasteiger partial charge in [0.15, 0.2) is 5.78 Å². The second kappa shape index (κ2) is 6.37. The number of benzene rings is 1. The maximum absolute atomic E-state index is 12.2. The van der Waals surface area contributed by atoms with E-state index in [0.717, 1.165) is 6.42 Å². The molecule has 0 bridgehead atoms. The van der Waals surface area contributed by atoms with Crippen LogP contribution in [0.1, 0.15) is 26.7 Å². The molecule has 1 aromatic carbocycles. The molecule has 2 rings (SSSR count). The Morgan fingerprint density at radius 1 is 1.35 bits per heavy atom. The summed E-state index contributed by atoms with van der Waals surface area (Å²) in [4.78, 5) is 25.2. The van der Waals surface area contributed by atoms with E-state index in [2.05, 4.69) is 13.8 Å². The predicted molar refractivity (Wildman–Crippen MR) is 76.3 cm³/mol. The Morgan fingerprint density at radius 2 is 2.05 bits per heavy atom. The SMILES string of the molecule is CC(C)CC1CC(=O)C=CN1C(=O)Oc1ccccc1. The molecule has 1 aliphatic heterocycles. The van der Waals surface area contributed by atoms with Gasteiger partial charge in [-0.3, -0.25) is 9.69 Å². The average Bonchev–Trinajstić information content (AvgIpc) is 2.39. The second-order valence-corrected chi connectivity index (χ2v) is 5.36. The maximum Gasteiger partial charge on any atom is 0.419 e. The lowest BCUT2D eigenvalue weighted by atomic mass is 9.96. The molecule has 1 unspecified atom stereocenters. The van der Waals surface area contributed by atoms with Gasteiger partial charge in [-0.2, -0.15) is 0 Å². The van der Waals surface area contributed by atoms with Crippen molar-refractivity contribution in [2.45, 2.75) is 32.7 Å². The number of para-hydroxylation sites is 1. The van der Waals surface area contributed by atoms with Gasteiger partial charge in [-0.1, -0.05) is 32.0 Å². The molecule has 0 aliphatic carbocycles. The lowest BCUT2D eigenvalue weighted by Gasteiger charge is -2.31. The van der Waals surface area contributed by atoms with Crippen molar-refractivity contribution in [2.24, 2.45) is 5.92 Å². The molecule has 1 aliphatic rings. The molecule has 0 aromatic heterocycles. The van der Waals surface area contributed by atoms with Crippen molar-refractivity contribution >= 4 is 11.9 Å². The maximum atomic E-state index is 12.2. The molecule has 20 heavy (non-hydrogen) atoms. The van der Waals surface area contributed by atoms with E-state index in [1.54, 1.807) is 12.1 Å². The summed E-state index contributed by atoms with van der Waals surface area (Å²) < 4.78 is 5.33. The first-order chi connectivity index (χ1) is 9.56. The van der Waals surface area contributed by atoms with Crippen molar-refractivity contribution in [3.05, 3.63) is 42.6 Å². The highest BCUT2D eigenvalue weighted by molar-refractivity contribution is 5.92. The third-order valence-electron chi connectivity index (χ3n) is 3.15. The van der Waals surface area contributed by atoms with Gasteiger partial charge in [0, 0.05) is 18.7 Å². The van der Waals surface area contributed by atoms with Crippen LogP contribution >= 0.6 is 0 Å². The number of carbonyl (C=O) groups excluding carboxylic acids is 2. The Kier molecular flexibility index (Phi) is 4.56. The van der Waals surface area contributed by atoms with Crippen molar-refractivity contribution in [3.8, 4) is 5.75 Å². The van der Waals surface area contributed by atoms with E-state index in [0.29, 0.717) is 18.1 Å². The van der Waals surface area contributed by atoms with E-state index in [1.165, 1.54) is 17.2 Å². The molecule has 0 saturated heterocycles. The quantitative estimate of drug-likeness (QED) is 0.848. The zero-order valence-corrected chi connectivity index (χ0v) is 11.8. The number of ketones is 1. The molecule has 0 spiro atoms. The van der Waals surface area contributed by atoms with Crippen LogP contribution in [-0.4, -0.2) is 22.8 Å². The van der Waals surface area contributed by atoms with E-state index in [4.69, 9.17) is 4.74 Å². The topological polar surface area (TPSA) is 46.6 Å². The minimum absolute atomic E-state index is 0.0550. The standard InChI is InChI=1S/C16H19NO3/c1-12(2)10-13-11-14(18)8-9-17(13)16(19)20-15-6-4-3-5-7-15/h3-9,12-13H,10-11H2,1-2H3. The first-order valence-electron chi connectivity index (χ1n) is 6.82. The highest BCUT2D eigenvalue weighted by Gasteiger charge is 2.29. The number of rotatable bonds is 3. The number of allylic oxidation sites excluding steroid dienone is 1. The second-order valence-electron chi connectivity index (χ2n) is 5.36. The van der Waals surface area contributed by atoms with Crippen LogP contribution in [0.3, 0.4) is 0 Å². The number of carbonyl (C=O) groups is 2. The molecule has 1 aromatic rings. The lowest BCUT2D eigenvalue weighted by molar-refractivity contribution is -0.116. The number of nitrogens with zero attached hydrogens (tertiary/aromatic N) is 1. The van der Waals surface area contributed by atoms with Gasteiger partial charge in [0.05, 0.1) is 0 Å². The van der Waals surface area contributed by atoms with Crippen LogP contribution in [0.25, 0.3) is 0 Å². The molecule has 0 fully saturated rings. The van der Waals surface area contributed by atoms with Crippen LogP contribution in [0.5, 0.6) is 5.75 Å². The van der Waals surface area contributed by atoms with Gasteiger partial charge in [0.2, 0.25) is 0 Å². The Labute approximate surface area is 119 Å². The smallest absolute Gasteiger partial charge is 0.410 e.